The number of benzene rings is 7. The molecule has 0 atom stereocenters. The molecule has 0 heterocycles. The van der Waals surface area contributed by atoms with Crippen LogP contribution in [-0.4, -0.2) is 0 Å². The van der Waals surface area contributed by atoms with E-state index in [-0.39, 0.29) is 0 Å². The summed E-state index contributed by atoms with van der Waals surface area (Å²) in [7, 11) is 0. The smallest absolute Gasteiger partial charge is 0.00237 e. The molecule has 0 heteroatoms. The Kier molecular flexibility index (Phi) is 6.25. The molecule has 196 valence electrons. The zero-order chi connectivity index (χ0) is 27.9. The summed E-state index contributed by atoms with van der Waals surface area (Å²) in [5.41, 5.74) is 14.0. The molecule has 0 aliphatic rings. The average molecular weight is 525 g/mol. The van der Waals surface area contributed by atoms with Crippen molar-refractivity contribution in [2.45, 2.75) is 20.8 Å². The second-order valence-corrected chi connectivity index (χ2v) is 11.2. The lowest BCUT2D eigenvalue weighted by Gasteiger charge is -2.20. The van der Waals surface area contributed by atoms with E-state index >= 15 is 0 Å². The minimum absolute atomic E-state index is 1.22. The van der Waals surface area contributed by atoms with Crippen molar-refractivity contribution in [3.8, 4) is 44.5 Å². The molecule has 0 N–H and O–H groups in total. The third kappa shape index (κ3) is 4.52. The Morgan fingerprint density at radius 1 is 0.317 bits per heavy atom. The van der Waals surface area contributed by atoms with Crippen LogP contribution in [0.4, 0.5) is 0 Å². The van der Waals surface area contributed by atoms with Gasteiger partial charge < -0.3 is 0 Å². The molecule has 7 rings (SSSR count). The van der Waals surface area contributed by atoms with E-state index in [0.29, 0.717) is 0 Å². The number of hydrogen-bond acceptors (Lipinski definition) is 0. The van der Waals surface area contributed by atoms with Gasteiger partial charge in [0.15, 0.2) is 0 Å². The molecular formula is C41H32. The Balaban J connectivity index is 1.52. The highest BCUT2D eigenvalue weighted by Crippen LogP contribution is 2.45. The first-order valence-electron chi connectivity index (χ1n) is 14.4. The highest BCUT2D eigenvalue weighted by molar-refractivity contribution is 6.22. The van der Waals surface area contributed by atoms with Crippen LogP contribution >= 0.6 is 0 Å². The molecule has 0 spiro atoms. The van der Waals surface area contributed by atoms with Gasteiger partial charge in [0, 0.05) is 0 Å². The van der Waals surface area contributed by atoms with Crippen molar-refractivity contribution in [2.75, 3.05) is 0 Å². The molecule has 0 nitrogen and oxygen atoms in total. The van der Waals surface area contributed by atoms with Crippen molar-refractivity contribution >= 4 is 21.5 Å². The summed E-state index contributed by atoms with van der Waals surface area (Å²) in [4.78, 5) is 0. The van der Waals surface area contributed by atoms with Gasteiger partial charge in [-0.1, -0.05) is 145 Å². The lowest BCUT2D eigenvalue weighted by Crippen LogP contribution is -1.93. The fourth-order valence-corrected chi connectivity index (χ4v) is 6.26. The normalized spacial score (nSPS) is 11.3. The molecule has 7 aromatic carbocycles. The van der Waals surface area contributed by atoms with Gasteiger partial charge in [0.1, 0.15) is 0 Å². The fourth-order valence-electron chi connectivity index (χ4n) is 6.26. The molecule has 0 radical (unpaired) electrons. The Morgan fingerprint density at radius 3 is 1.51 bits per heavy atom. The van der Waals surface area contributed by atoms with Gasteiger partial charge in [0.25, 0.3) is 0 Å². The van der Waals surface area contributed by atoms with Gasteiger partial charge in [-0.3, -0.25) is 0 Å². The van der Waals surface area contributed by atoms with Gasteiger partial charge in [-0.05, 0) is 98.5 Å². The fraction of sp³-hybridized carbons (Fsp3) is 0.0732. The van der Waals surface area contributed by atoms with Gasteiger partial charge in [-0.15, -0.1) is 0 Å². The highest BCUT2D eigenvalue weighted by Gasteiger charge is 2.18. The number of hydrogen-bond donors (Lipinski definition) is 0. The van der Waals surface area contributed by atoms with Crippen molar-refractivity contribution in [3.63, 3.8) is 0 Å². The summed E-state index contributed by atoms with van der Waals surface area (Å²) >= 11 is 0. The summed E-state index contributed by atoms with van der Waals surface area (Å²) < 4.78 is 0. The maximum atomic E-state index is 2.40. The van der Waals surface area contributed by atoms with Crippen molar-refractivity contribution in [1.82, 2.24) is 0 Å². The van der Waals surface area contributed by atoms with Gasteiger partial charge >= 0.3 is 0 Å². The van der Waals surface area contributed by atoms with Crippen molar-refractivity contribution < 1.29 is 0 Å². The Hall–Kier alpha value is -4.94. The maximum absolute atomic E-state index is 2.40. The molecule has 0 saturated heterocycles. The quantitative estimate of drug-likeness (QED) is 0.201. The average Bonchev–Trinajstić information content (AvgIpc) is 3.01. The van der Waals surface area contributed by atoms with Crippen LogP contribution in [0, 0.1) is 20.8 Å². The maximum Gasteiger partial charge on any atom is -0.00237 e. The molecular weight excluding hydrogens is 492 g/mol. The predicted octanol–water partition coefficient (Wildman–Crippen LogP) is 11.6. The largest absolute Gasteiger partial charge is 0.0622 e. The molecule has 0 aliphatic heterocycles. The van der Waals surface area contributed by atoms with Gasteiger partial charge in [0.05, 0.1) is 0 Å². The topological polar surface area (TPSA) is 0 Å². The van der Waals surface area contributed by atoms with E-state index in [4.69, 9.17) is 0 Å². The van der Waals surface area contributed by atoms with Crippen LogP contribution in [-0.2, 0) is 0 Å². The molecule has 0 bridgehead atoms. The van der Waals surface area contributed by atoms with Crippen molar-refractivity contribution in [2.24, 2.45) is 0 Å². The van der Waals surface area contributed by atoms with E-state index in [1.807, 2.05) is 0 Å². The van der Waals surface area contributed by atoms with Crippen LogP contribution in [0.1, 0.15) is 16.7 Å². The third-order valence-electron chi connectivity index (χ3n) is 8.34. The Morgan fingerprint density at radius 2 is 0.829 bits per heavy atom. The van der Waals surface area contributed by atoms with Gasteiger partial charge in [-0.2, -0.15) is 0 Å². The predicted molar refractivity (Wildman–Crippen MR) is 177 cm³/mol. The van der Waals surface area contributed by atoms with E-state index in [9.17, 15) is 0 Å². The summed E-state index contributed by atoms with van der Waals surface area (Å²) in [5.74, 6) is 0. The second-order valence-electron chi connectivity index (χ2n) is 11.2. The molecule has 0 aromatic heterocycles. The third-order valence-corrected chi connectivity index (χ3v) is 8.34. The Labute approximate surface area is 242 Å². The molecule has 0 amide bonds. The molecule has 0 saturated carbocycles. The van der Waals surface area contributed by atoms with Crippen LogP contribution < -0.4 is 0 Å². The number of fused-ring (bicyclic) bond motifs is 2. The van der Waals surface area contributed by atoms with E-state index < -0.39 is 0 Å². The molecule has 7 aromatic rings. The van der Waals surface area contributed by atoms with Gasteiger partial charge in [-0.25, -0.2) is 0 Å². The number of aryl methyl sites for hydroxylation is 3. The first-order valence-corrected chi connectivity index (χ1v) is 14.4. The van der Waals surface area contributed by atoms with E-state index in [2.05, 4.69) is 160 Å². The van der Waals surface area contributed by atoms with Crippen LogP contribution in [0.5, 0.6) is 0 Å². The van der Waals surface area contributed by atoms with E-state index in [1.165, 1.54) is 82.7 Å². The lowest BCUT2D eigenvalue weighted by atomic mass is 9.83. The Bertz CT molecular complexity index is 2030. The molecule has 0 aliphatic carbocycles. The SMILES string of the molecule is Cc1ccc(-c2c3ccccc3c(-c3ccc(C)cc3C)c3ccc(-c4ccc(-c5ccccc5)cc4)cc23)cc1. The summed E-state index contributed by atoms with van der Waals surface area (Å²) in [6.07, 6.45) is 0. The van der Waals surface area contributed by atoms with Crippen LogP contribution in [0.25, 0.3) is 66.1 Å². The van der Waals surface area contributed by atoms with Crippen LogP contribution in [0.3, 0.4) is 0 Å². The zero-order valence-electron chi connectivity index (χ0n) is 23.8. The summed E-state index contributed by atoms with van der Waals surface area (Å²) in [6.45, 7) is 6.56. The number of rotatable bonds is 4. The zero-order valence-corrected chi connectivity index (χ0v) is 23.8. The second kappa shape index (κ2) is 10.2. The van der Waals surface area contributed by atoms with Crippen molar-refractivity contribution in [3.05, 3.63) is 156 Å². The van der Waals surface area contributed by atoms with E-state index in [1.54, 1.807) is 0 Å². The van der Waals surface area contributed by atoms with Crippen LogP contribution in [0.15, 0.2) is 140 Å². The molecule has 41 heavy (non-hydrogen) atoms. The molecule has 0 unspecified atom stereocenters. The highest BCUT2D eigenvalue weighted by atomic mass is 14.2. The summed E-state index contributed by atoms with van der Waals surface area (Å²) in [5, 5.41) is 5.15. The van der Waals surface area contributed by atoms with Crippen LogP contribution in [0.2, 0.25) is 0 Å². The minimum atomic E-state index is 1.22. The standard InChI is InChI=1S/C41H32/c1-27-13-16-33(17-14-27)40-36-11-7-8-12-37(36)41(35-23-15-28(2)25-29(35)3)38-24-22-34(26-39(38)40)32-20-18-31(19-21-32)30-9-5-4-6-10-30/h4-26H,1-3H3. The van der Waals surface area contributed by atoms with Gasteiger partial charge in [0.2, 0.25) is 0 Å². The monoisotopic (exact) mass is 524 g/mol. The van der Waals surface area contributed by atoms with Crippen molar-refractivity contribution in [1.29, 1.82) is 0 Å². The summed E-state index contributed by atoms with van der Waals surface area (Å²) in [6, 6.07) is 51.3. The first-order chi connectivity index (χ1) is 20.1. The molecule has 0 fully saturated rings. The lowest BCUT2D eigenvalue weighted by molar-refractivity contribution is 1.39. The minimum Gasteiger partial charge on any atom is -0.0622 e. The van der Waals surface area contributed by atoms with E-state index in [0.717, 1.165) is 0 Å². The first kappa shape index (κ1) is 25.1.